The van der Waals surface area contributed by atoms with Crippen LogP contribution in [0.2, 0.25) is 0 Å². The Morgan fingerprint density at radius 1 is 1.36 bits per heavy atom. The van der Waals surface area contributed by atoms with Gasteiger partial charge in [0.05, 0.1) is 0 Å². The molecular weight excluding hydrogens is 140 g/mol. The molecule has 0 radical (unpaired) electrons. The number of cyclic esters (lactones) is 1. The fourth-order valence-electron chi connectivity index (χ4n) is 0.971. The van der Waals surface area contributed by atoms with Crippen LogP contribution in [-0.4, -0.2) is 5.97 Å². The number of hydrogen-bond donors (Lipinski definition) is 0. The summed E-state index contributed by atoms with van der Waals surface area (Å²) in [7, 11) is 0. The van der Waals surface area contributed by atoms with Gasteiger partial charge in [0.25, 0.3) is 0 Å². The molecule has 0 saturated heterocycles. The number of hydrogen-bond acceptors (Lipinski definition) is 2. The lowest BCUT2D eigenvalue weighted by Gasteiger charge is -1.95. The van der Waals surface area contributed by atoms with Crippen LogP contribution < -0.4 is 0 Å². The summed E-state index contributed by atoms with van der Waals surface area (Å²) in [6.07, 6.45) is 2.82. The number of allylic oxidation sites excluding steroid dienone is 2. The van der Waals surface area contributed by atoms with Gasteiger partial charge in [-0.15, -0.1) is 0 Å². The molecule has 0 aromatic heterocycles. The van der Waals surface area contributed by atoms with Crippen LogP contribution in [0.5, 0.6) is 0 Å². The second kappa shape index (κ2) is 2.91. The summed E-state index contributed by atoms with van der Waals surface area (Å²) in [6, 6.07) is 0. The van der Waals surface area contributed by atoms with Gasteiger partial charge in [-0.25, -0.2) is 4.79 Å². The molecule has 0 fully saturated rings. The van der Waals surface area contributed by atoms with E-state index in [1.165, 1.54) is 0 Å². The van der Waals surface area contributed by atoms with Crippen molar-refractivity contribution < 1.29 is 9.53 Å². The highest BCUT2D eigenvalue weighted by Gasteiger charge is 2.22. The molecular formula is C9H12O2. The van der Waals surface area contributed by atoms with E-state index in [-0.39, 0.29) is 5.97 Å². The van der Waals surface area contributed by atoms with Crippen LogP contribution in [0.3, 0.4) is 0 Å². The summed E-state index contributed by atoms with van der Waals surface area (Å²) in [5.41, 5.74) is 1.70. The molecule has 2 heteroatoms. The normalized spacial score (nSPS) is 21.4. The van der Waals surface area contributed by atoms with Crippen molar-refractivity contribution in [1.82, 2.24) is 0 Å². The number of ether oxygens (including phenoxy) is 1. The maximum Gasteiger partial charge on any atom is 0.339 e. The zero-order valence-electron chi connectivity index (χ0n) is 7.10. The van der Waals surface area contributed by atoms with Crippen molar-refractivity contribution in [3.8, 4) is 0 Å². The van der Waals surface area contributed by atoms with Crippen molar-refractivity contribution in [1.29, 1.82) is 0 Å². The van der Waals surface area contributed by atoms with Gasteiger partial charge >= 0.3 is 5.97 Å². The zero-order chi connectivity index (χ0) is 8.43. The standard InChI is InChI=1S/C9H12O2/c1-4-5-8-6(2)7(3)9(10)11-8/h5H,4H2,1-3H3. The number of esters is 1. The predicted octanol–water partition coefficient (Wildman–Crippen LogP) is 2.17. The van der Waals surface area contributed by atoms with E-state index in [9.17, 15) is 4.79 Å². The molecule has 0 bridgehead atoms. The Balaban J connectivity index is 2.95. The first-order valence-electron chi connectivity index (χ1n) is 3.77. The Bertz CT molecular complexity index is 246. The molecule has 0 atom stereocenters. The molecule has 60 valence electrons. The second-order valence-corrected chi connectivity index (χ2v) is 2.62. The minimum absolute atomic E-state index is 0.206. The van der Waals surface area contributed by atoms with Gasteiger partial charge in [-0.2, -0.15) is 0 Å². The molecule has 0 aromatic rings. The van der Waals surface area contributed by atoms with E-state index in [1.54, 1.807) is 6.92 Å². The fourth-order valence-corrected chi connectivity index (χ4v) is 0.971. The van der Waals surface area contributed by atoms with E-state index in [1.807, 2.05) is 19.9 Å². The zero-order valence-corrected chi connectivity index (χ0v) is 7.10. The molecule has 1 rings (SSSR count). The number of carbonyl (C=O) groups excluding carboxylic acids is 1. The van der Waals surface area contributed by atoms with E-state index >= 15 is 0 Å². The lowest BCUT2D eigenvalue weighted by Crippen LogP contribution is -1.94. The lowest BCUT2D eigenvalue weighted by atomic mass is 10.1. The highest BCUT2D eigenvalue weighted by atomic mass is 16.5. The van der Waals surface area contributed by atoms with Gasteiger partial charge in [-0.3, -0.25) is 0 Å². The lowest BCUT2D eigenvalue weighted by molar-refractivity contribution is -0.133. The second-order valence-electron chi connectivity index (χ2n) is 2.62. The van der Waals surface area contributed by atoms with E-state index in [0.717, 1.165) is 23.3 Å². The summed E-state index contributed by atoms with van der Waals surface area (Å²) in [4.78, 5) is 10.9. The average molecular weight is 152 g/mol. The van der Waals surface area contributed by atoms with E-state index in [2.05, 4.69) is 0 Å². The van der Waals surface area contributed by atoms with Crippen molar-refractivity contribution in [2.24, 2.45) is 0 Å². The maximum atomic E-state index is 10.9. The Morgan fingerprint density at radius 2 is 2.00 bits per heavy atom. The van der Waals surface area contributed by atoms with E-state index in [0.29, 0.717) is 0 Å². The van der Waals surface area contributed by atoms with Gasteiger partial charge in [0.1, 0.15) is 5.76 Å². The highest BCUT2D eigenvalue weighted by molar-refractivity contribution is 5.93. The summed E-state index contributed by atoms with van der Waals surface area (Å²) < 4.78 is 4.97. The van der Waals surface area contributed by atoms with Gasteiger partial charge in [0.15, 0.2) is 0 Å². The predicted molar refractivity (Wildman–Crippen MR) is 42.8 cm³/mol. The average Bonchev–Trinajstić information content (AvgIpc) is 2.19. The van der Waals surface area contributed by atoms with Crippen molar-refractivity contribution in [2.45, 2.75) is 27.2 Å². The summed E-state index contributed by atoms with van der Waals surface area (Å²) in [6.45, 7) is 5.71. The van der Waals surface area contributed by atoms with Crippen LogP contribution in [0.15, 0.2) is 23.0 Å². The van der Waals surface area contributed by atoms with Crippen LogP contribution >= 0.6 is 0 Å². The third-order valence-corrected chi connectivity index (χ3v) is 1.83. The smallest absolute Gasteiger partial charge is 0.339 e. The molecule has 1 aliphatic heterocycles. The van der Waals surface area contributed by atoms with Crippen LogP contribution in [0, 0.1) is 0 Å². The summed E-state index contributed by atoms with van der Waals surface area (Å²) in [5.74, 6) is 0.525. The number of rotatable bonds is 1. The molecule has 0 N–H and O–H groups in total. The molecule has 0 amide bonds. The van der Waals surface area contributed by atoms with Gasteiger partial charge < -0.3 is 4.74 Å². The molecule has 0 saturated carbocycles. The highest BCUT2D eigenvalue weighted by Crippen LogP contribution is 2.25. The Kier molecular flexibility index (Phi) is 2.13. The third kappa shape index (κ3) is 1.34. The minimum atomic E-state index is -0.206. The molecule has 1 aliphatic rings. The molecule has 0 aliphatic carbocycles. The Morgan fingerprint density at radius 3 is 2.36 bits per heavy atom. The number of carbonyl (C=O) groups is 1. The Hall–Kier alpha value is -1.05. The van der Waals surface area contributed by atoms with Crippen molar-refractivity contribution in [2.75, 3.05) is 0 Å². The minimum Gasteiger partial charge on any atom is -0.423 e. The van der Waals surface area contributed by atoms with Crippen LogP contribution in [0.1, 0.15) is 27.2 Å². The van der Waals surface area contributed by atoms with Gasteiger partial charge in [0.2, 0.25) is 0 Å². The molecule has 0 spiro atoms. The molecule has 2 nitrogen and oxygen atoms in total. The van der Waals surface area contributed by atoms with Crippen LogP contribution in [0.25, 0.3) is 0 Å². The maximum absolute atomic E-state index is 10.9. The van der Waals surface area contributed by atoms with Crippen molar-refractivity contribution in [3.63, 3.8) is 0 Å². The van der Waals surface area contributed by atoms with E-state index < -0.39 is 0 Å². The topological polar surface area (TPSA) is 26.3 Å². The summed E-state index contributed by atoms with van der Waals surface area (Å²) in [5, 5.41) is 0. The van der Waals surface area contributed by atoms with Crippen LogP contribution in [0.4, 0.5) is 0 Å². The third-order valence-electron chi connectivity index (χ3n) is 1.83. The monoisotopic (exact) mass is 152 g/mol. The first-order valence-corrected chi connectivity index (χ1v) is 3.77. The quantitative estimate of drug-likeness (QED) is 0.538. The fraction of sp³-hybridized carbons (Fsp3) is 0.444. The largest absolute Gasteiger partial charge is 0.423 e. The van der Waals surface area contributed by atoms with Gasteiger partial charge in [-0.05, 0) is 26.3 Å². The molecule has 11 heavy (non-hydrogen) atoms. The van der Waals surface area contributed by atoms with E-state index in [4.69, 9.17) is 4.74 Å². The van der Waals surface area contributed by atoms with Crippen LogP contribution in [-0.2, 0) is 9.53 Å². The molecule has 0 aromatic carbocycles. The Labute approximate surface area is 66.5 Å². The van der Waals surface area contributed by atoms with Crippen molar-refractivity contribution >= 4 is 5.97 Å². The van der Waals surface area contributed by atoms with Gasteiger partial charge in [-0.1, -0.05) is 6.92 Å². The van der Waals surface area contributed by atoms with Crippen molar-refractivity contribution in [3.05, 3.63) is 23.0 Å². The van der Waals surface area contributed by atoms with Gasteiger partial charge in [0, 0.05) is 11.1 Å². The molecule has 1 heterocycles. The first kappa shape index (κ1) is 8.05. The SMILES string of the molecule is CCC=C1OC(=O)C(C)=C1C. The molecule has 0 unspecified atom stereocenters. The summed E-state index contributed by atoms with van der Waals surface area (Å²) >= 11 is 0. The first-order chi connectivity index (χ1) is 5.16.